The Balaban J connectivity index is 2.65. The molecular weight excluding hydrogens is 638 g/mol. The van der Waals surface area contributed by atoms with Gasteiger partial charge in [-0.3, -0.25) is 38.4 Å². The first-order valence-electron chi connectivity index (χ1n) is 14.3. The average Bonchev–Trinajstić information content (AvgIpc) is 2.94. The summed E-state index contributed by atoms with van der Waals surface area (Å²) in [6, 6.07) is 0. The summed E-state index contributed by atoms with van der Waals surface area (Å²) in [5, 5.41) is 1.06. The van der Waals surface area contributed by atoms with E-state index >= 15 is 0 Å². The van der Waals surface area contributed by atoms with Crippen molar-refractivity contribution in [2.45, 2.75) is 110 Å². The fraction of sp³-hybridized carbons (Fsp3) is 0.750. The van der Waals surface area contributed by atoms with Gasteiger partial charge in [0.1, 0.15) is 18.8 Å². The van der Waals surface area contributed by atoms with Crippen molar-refractivity contribution in [1.82, 2.24) is 5.06 Å². The van der Waals surface area contributed by atoms with Crippen LogP contribution in [-0.4, -0.2) is 136 Å². The molecule has 2 aliphatic rings. The minimum Gasteiger partial charge on any atom is -0.463 e. The molecule has 0 N–H and O–H groups in total. The minimum absolute atomic E-state index is 0.438. The molecule has 0 aromatic carbocycles. The van der Waals surface area contributed by atoms with E-state index in [0.29, 0.717) is 0 Å². The Morgan fingerprint density at radius 2 is 0.915 bits per heavy atom. The number of hydrogen-bond donors (Lipinski definition) is 0. The Morgan fingerprint density at radius 1 is 0.511 bits per heavy atom. The standard InChI is InChI=1S/C28H41NO18/c1-12(30)39-11-20-22(41-14(3)32)23(42-15(4)33)25(44-17(6)35)27(46-20)29(38-9)10-19-21(40-13(2)31)24(43-16(5)34)26(45-18(7)36)28(37-8)47-19/h19-28H,10-11H2,1-9H3/t19-,20-,21-,22-,23+,24+,25-,26-,27-,28+/m1/s1. The molecule has 2 fully saturated rings. The molecular formula is C28H41NO18. The van der Waals surface area contributed by atoms with E-state index in [1.807, 2.05) is 0 Å². The molecule has 0 aliphatic carbocycles. The van der Waals surface area contributed by atoms with Crippen molar-refractivity contribution in [3.63, 3.8) is 0 Å². The molecule has 0 radical (unpaired) electrons. The van der Waals surface area contributed by atoms with Crippen LogP contribution in [0.5, 0.6) is 0 Å². The Morgan fingerprint density at radius 3 is 1.34 bits per heavy atom. The molecule has 0 spiro atoms. The van der Waals surface area contributed by atoms with Gasteiger partial charge in [0, 0.05) is 55.6 Å². The minimum atomic E-state index is -1.55. The number of carbonyl (C=O) groups excluding carboxylic acids is 7. The predicted molar refractivity (Wildman–Crippen MR) is 148 cm³/mol. The number of nitrogens with zero attached hydrogens (tertiary/aromatic N) is 1. The third kappa shape index (κ3) is 11.4. The molecule has 2 rings (SSSR count). The van der Waals surface area contributed by atoms with Gasteiger partial charge in [0.25, 0.3) is 0 Å². The maximum atomic E-state index is 12.3. The van der Waals surface area contributed by atoms with Gasteiger partial charge >= 0.3 is 41.8 Å². The van der Waals surface area contributed by atoms with Crippen LogP contribution in [0.25, 0.3) is 0 Å². The lowest BCUT2D eigenvalue weighted by Crippen LogP contribution is -2.68. The molecule has 0 amide bonds. The molecule has 0 unspecified atom stereocenters. The van der Waals surface area contributed by atoms with Crippen LogP contribution in [0.4, 0.5) is 0 Å². The summed E-state index contributed by atoms with van der Waals surface area (Å²) in [5.41, 5.74) is 0. The van der Waals surface area contributed by atoms with Crippen molar-refractivity contribution in [3.8, 4) is 0 Å². The van der Waals surface area contributed by atoms with E-state index in [9.17, 15) is 33.6 Å². The van der Waals surface area contributed by atoms with Crippen molar-refractivity contribution in [3.05, 3.63) is 0 Å². The van der Waals surface area contributed by atoms with Gasteiger partial charge in [0.2, 0.25) is 0 Å². The van der Waals surface area contributed by atoms with Crippen LogP contribution < -0.4 is 0 Å². The van der Waals surface area contributed by atoms with Gasteiger partial charge < -0.3 is 47.4 Å². The van der Waals surface area contributed by atoms with Gasteiger partial charge in [0.15, 0.2) is 49.1 Å². The number of hydroxylamine groups is 2. The first-order valence-corrected chi connectivity index (χ1v) is 14.3. The van der Waals surface area contributed by atoms with Crippen molar-refractivity contribution in [1.29, 1.82) is 0 Å². The van der Waals surface area contributed by atoms with Crippen LogP contribution in [0.2, 0.25) is 0 Å². The molecule has 0 aromatic rings. The molecule has 2 saturated heterocycles. The van der Waals surface area contributed by atoms with E-state index in [1.54, 1.807) is 0 Å². The fourth-order valence-electron chi connectivity index (χ4n) is 5.09. The van der Waals surface area contributed by atoms with Gasteiger partial charge in [-0.1, -0.05) is 0 Å². The Bertz CT molecular complexity index is 1160. The highest BCUT2D eigenvalue weighted by Gasteiger charge is 2.57. The number of methoxy groups -OCH3 is 1. The van der Waals surface area contributed by atoms with Gasteiger partial charge in [-0.05, 0) is 0 Å². The second kappa shape index (κ2) is 17.9. The molecule has 10 atom stereocenters. The highest BCUT2D eigenvalue weighted by molar-refractivity contribution is 5.69. The predicted octanol–water partition coefficient (Wildman–Crippen LogP) is -0.901. The monoisotopic (exact) mass is 679 g/mol. The third-order valence-corrected chi connectivity index (χ3v) is 6.57. The van der Waals surface area contributed by atoms with Crippen LogP contribution in [0.15, 0.2) is 0 Å². The van der Waals surface area contributed by atoms with Crippen molar-refractivity contribution in [2.24, 2.45) is 0 Å². The molecule has 266 valence electrons. The number of hydrogen-bond acceptors (Lipinski definition) is 19. The molecule has 19 heteroatoms. The highest BCUT2D eigenvalue weighted by atomic mass is 16.7. The molecule has 0 bridgehead atoms. The maximum absolute atomic E-state index is 12.3. The first-order chi connectivity index (χ1) is 22.0. The van der Waals surface area contributed by atoms with Crippen molar-refractivity contribution < 1.29 is 85.8 Å². The summed E-state index contributed by atoms with van der Waals surface area (Å²) in [4.78, 5) is 90.1. The Hall–Kier alpha value is -3.91. The van der Waals surface area contributed by atoms with Crippen LogP contribution in [0, 0.1) is 0 Å². The second-order valence-electron chi connectivity index (χ2n) is 10.4. The molecule has 19 nitrogen and oxygen atoms in total. The summed E-state index contributed by atoms with van der Waals surface area (Å²) >= 11 is 0. The van der Waals surface area contributed by atoms with E-state index in [2.05, 4.69) is 0 Å². The second-order valence-corrected chi connectivity index (χ2v) is 10.4. The zero-order valence-electron chi connectivity index (χ0n) is 27.5. The zero-order chi connectivity index (χ0) is 35.6. The lowest BCUT2D eigenvalue weighted by atomic mass is 9.95. The molecule has 2 aliphatic heterocycles. The average molecular weight is 680 g/mol. The molecule has 2 heterocycles. The Labute approximate surface area is 270 Å². The summed E-state index contributed by atoms with van der Waals surface area (Å²) in [6.45, 7) is 6.65. The van der Waals surface area contributed by atoms with E-state index in [-0.39, 0.29) is 0 Å². The lowest BCUT2D eigenvalue weighted by Gasteiger charge is -2.49. The lowest BCUT2D eigenvalue weighted by molar-refractivity contribution is -0.350. The smallest absolute Gasteiger partial charge is 0.303 e. The first kappa shape index (κ1) is 39.3. The molecule has 0 aromatic heterocycles. The number of rotatable bonds is 13. The number of carbonyl (C=O) groups is 7. The normalized spacial score (nSPS) is 30.3. The van der Waals surface area contributed by atoms with Crippen molar-refractivity contribution in [2.75, 3.05) is 27.4 Å². The van der Waals surface area contributed by atoms with Crippen LogP contribution >= 0.6 is 0 Å². The topological polar surface area (TPSA) is 224 Å². The summed E-state index contributed by atoms with van der Waals surface area (Å²) in [5.74, 6) is -5.68. The maximum Gasteiger partial charge on any atom is 0.303 e. The number of esters is 7. The fourth-order valence-corrected chi connectivity index (χ4v) is 5.09. The van der Waals surface area contributed by atoms with Gasteiger partial charge in [0.05, 0.1) is 13.7 Å². The quantitative estimate of drug-likeness (QED) is 0.131. The third-order valence-electron chi connectivity index (χ3n) is 6.57. The number of ether oxygens (including phenoxy) is 10. The van der Waals surface area contributed by atoms with Crippen LogP contribution in [-0.2, 0) is 85.8 Å². The van der Waals surface area contributed by atoms with Gasteiger partial charge in [-0.25, -0.2) is 0 Å². The van der Waals surface area contributed by atoms with Gasteiger partial charge in [-0.2, -0.15) is 5.06 Å². The zero-order valence-corrected chi connectivity index (χ0v) is 27.5. The van der Waals surface area contributed by atoms with E-state index in [1.165, 1.54) is 14.2 Å². The summed E-state index contributed by atoms with van der Waals surface area (Å²) in [6.07, 6.45) is -14.3. The van der Waals surface area contributed by atoms with E-state index < -0.39 is 116 Å². The van der Waals surface area contributed by atoms with Crippen LogP contribution in [0.1, 0.15) is 48.5 Å². The Kier molecular flexibility index (Phi) is 14.9. The van der Waals surface area contributed by atoms with Crippen LogP contribution in [0.3, 0.4) is 0 Å². The highest BCUT2D eigenvalue weighted by Crippen LogP contribution is 2.34. The molecule has 47 heavy (non-hydrogen) atoms. The van der Waals surface area contributed by atoms with E-state index in [4.69, 9.17) is 52.2 Å². The van der Waals surface area contributed by atoms with Gasteiger partial charge in [-0.15, -0.1) is 0 Å². The largest absolute Gasteiger partial charge is 0.463 e. The summed E-state index contributed by atoms with van der Waals surface area (Å²) in [7, 11) is 2.42. The van der Waals surface area contributed by atoms with Crippen molar-refractivity contribution >= 4 is 41.8 Å². The SMILES string of the molecule is CO[C@H]1O[C@H](CN(OC)[C@@H]2O[C@H](COC(C)=O)[C@@H](OC(C)=O)[C@H](OC(C)=O)[C@H]2OC(C)=O)[C@@H](OC(C)=O)[C@H](OC(C)=O)[C@H]1OC(C)=O. The van der Waals surface area contributed by atoms with E-state index in [0.717, 1.165) is 53.5 Å². The molecule has 0 saturated carbocycles. The summed E-state index contributed by atoms with van der Waals surface area (Å²) < 4.78 is 55.2.